The maximum absolute atomic E-state index is 11.0. The van der Waals surface area contributed by atoms with E-state index in [4.69, 9.17) is 90.5 Å². The number of aliphatic carboxylic acids is 2. The lowest BCUT2D eigenvalue weighted by Gasteiger charge is -2.68. The number of benzene rings is 4. The van der Waals surface area contributed by atoms with E-state index in [1.165, 1.54) is 25.0 Å². The van der Waals surface area contributed by atoms with E-state index in [9.17, 15) is 9.59 Å². The maximum Gasteiger partial charge on any atom is 0.494 e. The van der Waals surface area contributed by atoms with Crippen LogP contribution in [0.4, 0.5) is 0 Å². The molecule has 2 N–H and O–H groups in total. The minimum Gasteiger partial charge on any atom is -0.487 e. The molecule has 2 unspecified atom stereocenters. The molecule has 0 amide bonds. The van der Waals surface area contributed by atoms with E-state index in [0.717, 1.165) is 115 Å². The van der Waals surface area contributed by atoms with Gasteiger partial charge in [0.05, 0.1) is 32.4 Å². The summed E-state index contributed by atoms with van der Waals surface area (Å²) in [6.07, 6.45) is 27.2. The molecule has 16 rings (SSSR count). The molecule has 8 saturated carbocycles. The summed E-state index contributed by atoms with van der Waals surface area (Å²) < 4.78 is 50.5. The second kappa shape index (κ2) is 25.4. The van der Waals surface area contributed by atoms with E-state index in [1.54, 1.807) is 38.5 Å². The first kappa shape index (κ1) is 67.0. The summed E-state index contributed by atoms with van der Waals surface area (Å²) in [5.74, 6) is 0.959. The number of methoxy groups -OCH3 is 2. The van der Waals surface area contributed by atoms with Crippen LogP contribution in [0, 0.1) is 47.3 Å². The van der Waals surface area contributed by atoms with E-state index in [0.29, 0.717) is 61.9 Å². The molecule has 2 atom stereocenters. The molecule has 4 aromatic carbocycles. The lowest BCUT2D eigenvalue weighted by atomic mass is 9.47. The summed E-state index contributed by atoms with van der Waals surface area (Å²) in [7, 11) is 2.45. The van der Waals surface area contributed by atoms with Crippen LogP contribution in [-0.4, -0.2) is 84.2 Å². The van der Waals surface area contributed by atoms with Gasteiger partial charge in [0.25, 0.3) is 11.6 Å². The molecule has 12 aliphatic rings. The highest BCUT2D eigenvalue weighted by atomic mass is 35.5. The van der Waals surface area contributed by atoms with E-state index < -0.39 is 71.4 Å². The van der Waals surface area contributed by atoms with Gasteiger partial charge in [-0.25, -0.2) is 19.4 Å². The zero-order valence-electron chi connectivity index (χ0n) is 55.3. The number of halogens is 2. The number of carbonyl (C=O) groups is 2. The van der Waals surface area contributed by atoms with Gasteiger partial charge in [-0.2, -0.15) is 9.78 Å². The normalized spacial score (nSPS) is 33.4. The molecule has 0 aromatic heterocycles. The molecule has 8 bridgehead atoms. The van der Waals surface area contributed by atoms with Crippen LogP contribution in [0.15, 0.2) is 121 Å². The Morgan fingerprint density at radius 1 is 0.457 bits per heavy atom. The van der Waals surface area contributed by atoms with E-state index >= 15 is 0 Å². The molecule has 16 nitrogen and oxygen atoms in total. The number of carboxylic acids is 2. The second-order valence-corrected chi connectivity index (χ2v) is 30.4. The van der Waals surface area contributed by atoms with Crippen molar-refractivity contribution in [3.63, 3.8) is 0 Å². The summed E-state index contributed by atoms with van der Waals surface area (Å²) in [6, 6.07) is 23.8. The summed E-state index contributed by atoms with van der Waals surface area (Å²) in [6.45, 7) is 16.8. The molecule has 4 aliphatic heterocycles. The van der Waals surface area contributed by atoms with Crippen LogP contribution in [0.5, 0.6) is 11.5 Å². The standard InChI is InChI=1S/C38H44BClO8.C36H42BClO8/c1-35(2)36(3,4)46-39(45-35)30-15-12-24(13-16-30)23-44-34-27(10-8-6-7-9-11-32(41)42)14-17-31(33(34)40)38(43-5)37(47-48-38)28-19-25-18-26(21-28)22-29(37)20-25;1-33(2)34(3,4)44-37(43-33)28-13-10-22(11-14-28)21-42-32-25(8-6-7-9-30(39)40)12-15-29(31(32)38)36(41-5)35(45-46-36)26-17-23-16-24(19-26)20-27(35)18-23/h6-17,25-26,28-29H,18-23H2,1-5H3,(H,41,42);6-15,23-24,26-27H,16-21H2,1-5H3,(H,39,40)/b7-6+,10-8+,11-9+;8-6+,9-7+. The van der Waals surface area contributed by atoms with Gasteiger partial charge in [-0.05, 0) is 189 Å². The third-order valence-electron chi connectivity index (χ3n) is 23.1. The highest BCUT2D eigenvalue weighted by molar-refractivity contribution is 6.62. The first-order chi connectivity index (χ1) is 44.8. The molecular formula is C74H86B2Cl2O16. The topological polar surface area (TPSA) is 185 Å². The Hall–Kier alpha value is -5.57. The molecule has 0 radical (unpaired) electrons. The van der Waals surface area contributed by atoms with E-state index in [1.807, 2.05) is 140 Å². The van der Waals surface area contributed by atoms with Crippen LogP contribution >= 0.6 is 23.2 Å². The van der Waals surface area contributed by atoms with Gasteiger partial charge in [0.1, 0.15) is 24.7 Å². The monoisotopic (exact) mass is 1320 g/mol. The first-order valence-corrected chi connectivity index (χ1v) is 34.0. The van der Waals surface area contributed by atoms with Crippen molar-refractivity contribution in [1.29, 1.82) is 0 Å². The first-order valence-electron chi connectivity index (χ1n) is 33.2. The Morgan fingerprint density at radius 2 is 0.777 bits per heavy atom. The Kier molecular flexibility index (Phi) is 18.1. The Morgan fingerprint density at radius 3 is 1.09 bits per heavy atom. The number of ether oxygens (including phenoxy) is 4. The smallest absolute Gasteiger partial charge is 0.487 e. The third kappa shape index (κ3) is 11.5. The number of hydrogen-bond donors (Lipinski definition) is 2. The molecule has 94 heavy (non-hydrogen) atoms. The van der Waals surface area contributed by atoms with Crippen LogP contribution in [-0.2, 0) is 82.0 Å². The maximum atomic E-state index is 11.0. The summed E-state index contributed by atoms with van der Waals surface area (Å²) in [5.41, 5.74) is 3.73. The van der Waals surface area contributed by atoms with Crippen molar-refractivity contribution in [2.75, 3.05) is 14.2 Å². The van der Waals surface area contributed by atoms with Crippen molar-refractivity contribution in [1.82, 2.24) is 0 Å². The molecule has 4 saturated heterocycles. The highest BCUT2D eigenvalue weighted by Gasteiger charge is 2.78. The van der Waals surface area contributed by atoms with Gasteiger partial charge in [-0.3, -0.25) is 0 Å². The van der Waals surface area contributed by atoms with Crippen LogP contribution in [0.2, 0.25) is 10.0 Å². The van der Waals surface area contributed by atoms with Crippen LogP contribution in [0.3, 0.4) is 0 Å². The number of allylic oxidation sites excluding steroid dienone is 6. The average Bonchev–Trinajstić information content (AvgIpc) is 0.728. The quantitative estimate of drug-likeness (QED) is 0.0390. The number of hydrogen-bond acceptors (Lipinski definition) is 14. The molecule has 8 aliphatic carbocycles. The van der Waals surface area contributed by atoms with Gasteiger partial charge in [0.2, 0.25) is 0 Å². The van der Waals surface area contributed by atoms with Crippen molar-refractivity contribution in [2.45, 2.75) is 178 Å². The van der Waals surface area contributed by atoms with Gasteiger partial charge < -0.3 is 47.8 Å². The molecule has 20 heteroatoms. The SMILES string of the molecule is COC1(c2ccc(/C=C/C=C/C(=O)O)c(OCc3ccc(B4OC(C)(C)C(C)(C)O4)cc3)c2Cl)OOC12C1CC3CC(C1)CC2C3.COC1(c2ccc(/C=C/C=C/C=C/C(=O)O)c(OCc3ccc(B4OC(C)(C)C(C)(C)O4)cc3)c2Cl)OOC12C1CC3CC(C1)CC2C3. The van der Waals surface area contributed by atoms with Crippen LogP contribution in [0.1, 0.15) is 153 Å². The molecule has 4 heterocycles. The third-order valence-corrected chi connectivity index (χ3v) is 23.9. The fraction of sp³-hybridized carbons (Fsp3) is 0.514. The van der Waals surface area contributed by atoms with Crippen molar-refractivity contribution in [3.05, 3.63) is 165 Å². The van der Waals surface area contributed by atoms with Crippen molar-refractivity contribution in [2.24, 2.45) is 47.3 Å². The minimum absolute atomic E-state index is 0.246. The van der Waals surface area contributed by atoms with Gasteiger partial charge >= 0.3 is 26.2 Å². The minimum atomic E-state index is -1.15. The van der Waals surface area contributed by atoms with Gasteiger partial charge in [-0.1, -0.05) is 145 Å². The van der Waals surface area contributed by atoms with Crippen molar-refractivity contribution in [3.8, 4) is 11.5 Å². The van der Waals surface area contributed by atoms with Crippen molar-refractivity contribution < 1.29 is 76.9 Å². The zero-order chi connectivity index (χ0) is 66.4. The van der Waals surface area contributed by atoms with Gasteiger partial charge in [-0.15, -0.1) is 0 Å². The van der Waals surface area contributed by atoms with Gasteiger partial charge in [0.15, 0.2) is 11.2 Å². The highest BCUT2D eigenvalue weighted by Crippen LogP contribution is 2.72. The Bertz CT molecular complexity index is 3590. The summed E-state index contributed by atoms with van der Waals surface area (Å²) in [4.78, 5) is 46.2. The zero-order valence-corrected chi connectivity index (χ0v) is 56.8. The van der Waals surface area contributed by atoms with E-state index in [-0.39, 0.29) is 13.2 Å². The van der Waals surface area contributed by atoms with E-state index in [2.05, 4.69) is 0 Å². The van der Waals surface area contributed by atoms with Crippen LogP contribution < -0.4 is 20.4 Å². The van der Waals surface area contributed by atoms with Crippen molar-refractivity contribution >= 4 is 72.5 Å². The fourth-order valence-corrected chi connectivity index (χ4v) is 18.1. The predicted molar refractivity (Wildman–Crippen MR) is 358 cm³/mol. The molecule has 498 valence electrons. The average molecular weight is 1320 g/mol. The lowest BCUT2D eigenvalue weighted by Crippen LogP contribution is -2.76. The van der Waals surface area contributed by atoms with Crippen LogP contribution in [0.25, 0.3) is 12.2 Å². The largest absolute Gasteiger partial charge is 0.494 e. The second-order valence-electron chi connectivity index (χ2n) is 29.6. The summed E-state index contributed by atoms with van der Waals surface area (Å²) in [5, 5.41) is 18.7. The summed E-state index contributed by atoms with van der Waals surface area (Å²) >= 11 is 14.6. The molecular weight excluding hydrogens is 1240 g/mol. The molecule has 2 spiro atoms. The number of carboxylic acid groups (broad SMARTS) is 2. The van der Waals surface area contributed by atoms with Gasteiger partial charge in [0, 0.05) is 48.6 Å². The predicted octanol–water partition coefficient (Wildman–Crippen LogP) is 14.2. The molecule has 4 aromatic rings. The lowest BCUT2D eigenvalue weighted by molar-refractivity contribution is -0.645. The Labute approximate surface area is 562 Å². The fourth-order valence-electron chi connectivity index (χ4n) is 17.4. The molecule has 12 fully saturated rings. The Balaban J connectivity index is 0.000000171. The number of rotatable bonds is 19.